The average molecular weight is 728 g/mol. The number of piperazine rings is 1. The Bertz CT molecular complexity index is 1740. The number of halogens is 3. The Kier molecular flexibility index (Phi) is 11.7. The smallest absolute Gasteiger partial charge is 0.405 e. The second kappa shape index (κ2) is 16.4. The molecule has 5 atom stereocenters. The van der Waals surface area contributed by atoms with E-state index in [1.807, 2.05) is 39.9 Å². The molecule has 0 radical (unpaired) electrons. The monoisotopic (exact) mass is 727 g/mol. The van der Waals surface area contributed by atoms with E-state index in [-0.39, 0.29) is 38.6 Å². The van der Waals surface area contributed by atoms with Crippen molar-refractivity contribution in [2.24, 2.45) is 5.92 Å². The number of fused-ring (bicyclic) bond motifs is 1. The minimum atomic E-state index is -4.59. The van der Waals surface area contributed by atoms with E-state index in [1.165, 1.54) is 11.3 Å². The average Bonchev–Trinajstić information content (AvgIpc) is 3.81. The van der Waals surface area contributed by atoms with Crippen LogP contribution in [0.2, 0.25) is 0 Å². The summed E-state index contributed by atoms with van der Waals surface area (Å²) in [6, 6.07) is 18.2. The van der Waals surface area contributed by atoms with Gasteiger partial charge in [-0.15, -0.1) is 11.3 Å². The molecule has 0 aliphatic carbocycles. The van der Waals surface area contributed by atoms with E-state index in [0.29, 0.717) is 48.0 Å². The molecular formula is C36H40F3N5O6S. The van der Waals surface area contributed by atoms with E-state index < -0.39 is 48.8 Å². The number of amides is 2. The summed E-state index contributed by atoms with van der Waals surface area (Å²) in [7, 11) is 0. The summed E-state index contributed by atoms with van der Waals surface area (Å²) in [5.41, 5.74) is 1.31. The third-order valence-electron chi connectivity index (χ3n) is 9.05. The maximum absolute atomic E-state index is 13.8. The van der Waals surface area contributed by atoms with Crippen LogP contribution in [0.5, 0.6) is 5.75 Å². The van der Waals surface area contributed by atoms with Crippen LogP contribution >= 0.6 is 11.3 Å². The van der Waals surface area contributed by atoms with Gasteiger partial charge < -0.3 is 30.0 Å². The maximum atomic E-state index is 13.8. The lowest BCUT2D eigenvalue weighted by Crippen LogP contribution is -2.60. The van der Waals surface area contributed by atoms with Crippen molar-refractivity contribution in [3.05, 3.63) is 94.5 Å². The molecule has 0 saturated carbocycles. The Morgan fingerprint density at radius 3 is 2.65 bits per heavy atom. The van der Waals surface area contributed by atoms with Crippen molar-refractivity contribution in [2.75, 3.05) is 39.3 Å². The highest BCUT2D eigenvalue weighted by molar-refractivity contribution is 7.09. The van der Waals surface area contributed by atoms with Crippen LogP contribution in [0.3, 0.4) is 0 Å². The van der Waals surface area contributed by atoms with Crippen molar-refractivity contribution in [1.29, 1.82) is 0 Å². The number of nitrogens with zero attached hydrogens (tertiary/aromatic N) is 3. The number of aliphatic hydroxyl groups excluding tert-OH is 2. The van der Waals surface area contributed by atoms with Crippen LogP contribution < -0.4 is 15.4 Å². The van der Waals surface area contributed by atoms with E-state index in [2.05, 4.69) is 10.3 Å². The zero-order chi connectivity index (χ0) is 36.0. The fourth-order valence-corrected chi connectivity index (χ4v) is 7.33. The molecule has 5 heterocycles. The molecule has 3 aromatic heterocycles. The molecule has 4 aromatic rings. The Morgan fingerprint density at radius 2 is 1.88 bits per heavy atom. The number of ether oxygens (including phenoxy) is 1. The number of thiophene rings is 1. The SMILES string of the molecule is O=C(N[C@H]1c2ccccc2OC[C@H]1O)[C@H](Cc1cccs1)C[C@H](O)CN1CCN(Cc2ccc(-c3ccccn3)o2)C[C@H]1C(=O)NCC(F)(F)F. The standard InChI is InChI=1S/C36H40F3N5O6S/c37-36(38,39)22-41-35(48)29-20-43(19-25-10-11-32(50-25)28-8-3-4-12-40-28)13-14-44(29)18-24(45)16-23(17-26-6-5-15-51-26)34(47)42-33-27-7-1-2-9-31(27)49-21-30(33)46/h1-12,15,23-24,29-30,33,45-46H,13-14,16-22H2,(H,41,48)(H,42,47)/t23-,24-,29-,30+,33-/m0/s1. The molecule has 1 aromatic carbocycles. The van der Waals surface area contributed by atoms with Crippen LogP contribution in [0.4, 0.5) is 13.2 Å². The minimum absolute atomic E-state index is 0.00919. The van der Waals surface area contributed by atoms with Crippen molar-refractivity contribution in [2.45, 2.75) is 49.9 Å². The van der Waals surface area contributed by atoms with E-state index in [4.69, 9.17) is 9.15 Å². The summed E-state index contributed by atoms with van der Waals surface area (Å²) in [6.07, 6.45) is -4.67. The third-order valence-corrected chi connectivity index (χ3v) is 9.94. The summed E-state index contributed by atoms with van der Waals surface area (Å²) in [5.74, 6) is -0.125. The number of alkyl halides is 3. The number of hydrogen-bond donors (Lipinski definition) is 4. The van der Waals surface area contributed by atoms with Gasteiger partial charge in [0.2, 0.25) is 11.8 Å². The lowest BCUT2D eigenvalue weighted by Gasteiger charge is -2.41. The Balaban J connectivity index is 1.13. The lowest BCUT2D eigenvalue weighted by atomic mass is 9.93. The minimum Gasteiger partial charge on any atom is -0.490 e. The number of hydrogen-bond acceptors (Lipinski definition) is 10. The number of furan rings is 1. The van der Waals surface area contributed by atoms with Crippen LogP contribution in [-0.2, 0) is 22.6 Å². The van der Waals surface area contributed by atoms with Gasteiger partial charge in [0.05, 0.1) is 18.7 Å². The van der Waals surface area contributed by atoms with Gasteiger partial charge in [0, 0.05) is 48.7 Å². The fraction of sp³-hybridized carbons (Fsp3) is 0.417. The van der Waals surface area contributed by atoms with E-state index in [9.17, 15) is 33.0 Å². The molecule has 51 heavy (non-hydrogen) atoms. The summed E-state index contributed by atoms with van der Waals surface area (Å²) < 4.78 is 50.9. The van der Waals surface area contributed by atoms with Crippen molar-refractivity contribution in [1.82, 2.24) is 25.4 Å². The molecule has 2 aliphatic heterocycles. The van der Waals surface area contributed by atoms with Crippen molar-refractivity contribution >= 4 is 23.2 Å². The van der Waals surface area contributed by atoms with Gasteiger partial charge in [-0.3, -0.25) is 24.4 Å². The van der Waals surface area contributed by atoms with E-state index in [1.54, 1.807) is 53.6 Å². The number of nitrogens with one attached hydrogen (secondary N) is 2. The van der Waals surface area contributed by atoms with Crippen LogP contribution in [0.15, 0.2) is 82.7 Å². The number of carbonyl (C=O) groups is 2. The second-order valence-corrected chi connectivity index (χ2v) is 13.9. The summed E-state index contributed by atoms with van der Waals surface area (Å²) >= 11 is 1.48. The second-order valence-electron chi connectivity index (χ2n) is 12.8. The predicted molar refractivity (Wildman–Crippen MR) is 183 cm³/mol. The van der Waals surface area contributed by atoms with Crippen LogP contribution in [0.25, 0.3) is 11.5 Å². The maximum Gasteiger partial charge on any atom is 0.405 e. The molecule has 4 N–H and O–H groups in total. The zero-order valence-electron chi connectivity index (χ0n) is 27.7. The molecule has 11 nitrogen and oxygen atoms in total. The molecule has 0 bridgehead atoms. The van der Waals surface area contributed by atoms with Crippen molar-refractivity contribution in [3.8, 4) is 17.2 Å². The Labute approximate surface area is 297 Å². The molecule has 1 fully saturated rings. The molecule has 2 amide bonds. The van der Waals surface area contributed by atoms with Gasteiger partial charge in [-0.2, -0.15) is 13.2 Å². The Hall–Kier alpha value is -4.28. The first-order valence-electron chi connectivity index (χ1n) is 16.7. The molecule has 0 unspecified atom stereocenters. The van der Waals surface area contributed by atoms with Gasteiger partial charge in [-0.05, 0) is 54.6 Å². The number of carbonyl (C=O) groups excluding carboxylic acids is 2. The number of β-amino-alcohol motifs (C(OH)–C–C–N with tert-alkyl or cyclic N) is 1. The van der Waals surface area contributed by atoms with Gasteiger partial charge in [0.25, 0.3) is 0 Å². The molecule has 272 valence electrons. The molecule has 1 saturated heterocycles. The van der Waals surface area contributed by atoms with Gasteiger partial charge >= 0.3 is 6.18 Å². The number of para-hydroxylation sites is 1. The van der Waals surface area contributed by atoms with Crippen molar-refractivity contribution in [3.63, 3.8) is 0 Å². The number of aliphatic hydroxyl groups is 2. The van der Waals surface area contributed by atoms with Gasteiger partial charge in [0.1, 0.15) is 42.5 Å². The molecule has 6 rings (SSSR count). The quantitative estimate of drug-likeness (QED) is 0.162. The van der Waals surface area contributed by atoms with Crippen LogP contribution in [0, 0.1) is 5.92 Å². The largest absolute Gasteiger partial charge is 0.490 e. The molecular weight excluding hydrogens is 687 g/mol. The van der Waals surface area contributed by atoms with Gasteiger partial charge in [0.15, 0.2) is 5.76 Å². The molecule has 2 aliphatic rings. The fourth-order valence-electron chi connectivity index (χ4n) is 6.54. The molecule has 15 heteroatoms. The predicted octanol–water partition coefficient (Wildman–Crippen LogP) is 3.79. The highest BCUT2D eigenvalue weighted by atomic mass is 32.1. The normalized spacial score (nSPS) is 20.9. The lowest BCUT2D eigenvalue weighted by molar-refractivity contribution is -0.143. The van der Waals surface area contributed by atoms with Crippen molar-refractivity contribution < 1.29 is 42.1 Å². The van der Waals surface area contributed by atoms with Gasteiger partial charge in [-0.1, -0.05) is 30.3 Å². The highest BCUT2D eigenvalue weighted by Gasteiger charge is 2.38. The van der Waals surface area contributed by atoms with Crippen LogP contribution in [-0.4, -0.2) is 101 Å². The van der Waals surface area contributed by atoms with E-state index in [0.717, 1.165) is 4.88 Å². The highest BCUT2D eigenvalue weighted by Crippen LogP contribution is 2.33. The topological polar surface area (TPSA) is 140 Å². The third kappa shape index (κ3) is 9.74. The number of aromatic nitrogens is 1. The summed E-state index contributed by atoms with van der Waals surface area (Å²) in [6.45, 7) is -0.368. The Morgan fingerprint density at radius 1 is 1.06 bits per heavy atom. The number of pyridine rings is 1. The van der Waals surface area contributed by atoms with Gasteiger partial charge in [-0.25, -0.2) is 0 Å². The van der Waals surface area contributed by atoms with E-state index >= 15 is 0 Å². The first-order valence-corrected chi connectivity index (χ1v) is 17.6. The number of rotatable bonds is 13. The number of benzene rings is 1. The zero-order valence-corrected chi connectivity index (χ0v) is 28.5. The van der Waals surface area contributed by atoms with Crippen LogP contribution in [0.1, 0.15) is 28.7 Å². The first-order chi connectivity index (χ1) is 24.5. The first kappa shape index (κ1) is 36.5. The molecule has 0 spiro atoms. The summed E-state index contributed by atoms with van der Waals surface area (Å²) in [4.78, 5) is 35.9. The summed E-state index contributed by atoms with van der Waals surface area (Å²) in [5, 5.41) is 29.0.